The molecule has 20 heavy (non-hydrogen) atoms. The van der Waals surface area contributed by atoms with Gasteiger partial charge in [0.2, 0.25) is 5.88 Å². The van der Waals surface area contributed by atoms with E-state index >= 15 is 0 Å². The van der Waals surface area contributed by atoms with Crippen molar-refractivity contribution in [1.29, 1.82) is 0 Å². The van der Waals surface area contributed by atoms with Crippen molar-refractivity contribution >= 4 is 5.82 Å². The third-order valence-corrected chi connectivity index (χ3v) is 3.92. The first-order valence-electron chi connectivity index (χ1n) is 7.54. The highest BCUT2D eigenvalue weighted by atomic mass is 16.5. The van der Waals surface area contributed by atoms with Crippen LogP contribution in [-0.2, 0) is 0 Å². The monoisotopic (exact) mass is 278 g/mol. The van der Waals surface area contributed by atoms with E-state index in [9.17, 15) is 0 Å². The standard InChI is InChI=1S/C15H26N4O/c1-5-20-15-12(4)14(17-10-18-15)16-8-13-6-7-19(9-13)11(2)3/h10-11,13H,5-9H2,1-4H3,(H,16,17,18). The lowest BCUT2D eigenvalue weighted by Crippen LogP contribution is -2.29. The van der Waals surface area contributed by atoms with Crippen LogP contribution in [0.4, 0.5) is 5.82 Å². The molecule has 0 aliphatic carbocycles. The zero-order valence-electron chi connectivity index (χ0n) is 13.0. The van der Waals surface area contributed by atoms with Crippen LogP contribution >= 0.6 is 0 Å². The van der Waals surface area contributed by atoms with Crippen LogP contribution < -0.4 is 10.1 Å². The number of likely N-dealkylation sites (tertiary alicyclic amines) is 1. The number of hydrogen-bond acceptors (Lipinski definition) is 5. The second kappa shape index (κ2) is 6.88. The van der Waals surface area contributed by atoms with Gasteiger partial charge in [-0.3, -0.25) is 0 Å². The molecule has 1 aromatic rings. The van der Waals surface area contributed by atoms with Gasteiger partial charge in [-0.15, -0.1) is 0 Å². The molecule has 0 spiro atoms. The van der Waals surface area contributed by atoms with Gasteiger partial charge in [-0.05, 0) is 46.6 Å². The summed E-state index contributed by atoms with van der Waals surface area (Å²) in [6, 6.07) is 0.644. The molecule has 0 radical (unpaired) electrons. The first-order chi connectivity index (χ1) is 9.61. The summed E-state index contributed by atoms with van der Waals surface area (Å²) in [5.74, 6) is 2.27. The van der Waals surface area contributed by atoms with E-state index in [0.29, 0.717) is 24.4 Å². The Morgan fingerprint density at radius 2 is 2.25 bits per heavy atom. The van der Waals surface area contributed by atoms with E-state index in [1.165, 1.54) is 19.5 Å². The Morgan fingerprint density at radius 3 is 2.90 bits per heavy atom. The summed E-state index contributed by atoms with van der Waals surface area (Å²) in [5, 5.41) is 3.46. The number of anilines is 1. The van der Waals surface area contributed by atoms with E-state index in [0.717, 1.165) is 17.9 Å². The van der Waals surface area contributed by atoms with Gasteiger partial charge in [0.1, 0.15) is 12.1 Å². The van der Waals surface area contributed by atoms with Gasteiger partial charge in [0.05, 0.1) is 12.2 Å². The Morgan fingerprint density at radius 1 is 1.45 bits per heavy atom. The summed E-state index contributed by atoms with van der Waals surface area (Å²) in [4.78, 5) is 11.0. The maximum Gasteiger partial charge on any atom is 0.221 e. The minimum atomic E-state index is 0.628. The van der Waals surface area contributed by atoms with Gasteiger partial charge in [-0.2, -0.15) is 0 Å². The Bertz CT molecular complexity index is 436. The summed E-state index contributed by atoms with van der Waals surface area (Å²) in [6.07, 6.45) is 2.82. The Hall–Kier alpha value is -1.36. The second-order valence-electron chi connectivity index (χ2n) is 5.71. The van der Waals surface area contributed by atoms with Crippen molar-refractivity contribution in [3.63, 3.8) is 0 Å². The lowest BCUT2D eigenvalue weighted by Gasteiger charge is -2.20. The average molecular weight is 278 g/mol. The van der Waals surface area contributed by atoms with Gasteiger partial charge in [-0.1, -0.05) is 0 Å². The maximum atomic E-state index is 5.50. The molecule has 2 rings (SSSR count). The predicted octanol–water partition coefficient (Wildman–Crippen LogP) is 2.33. The van der Waals surface area contributed by atoms with Gasteiger partial charge < -0.3 is 15.0 Å². The van der Waals surface area contributed by atoms with Crippen molar-refractivity contribution in [2.45, 2.75) is 40.2 Å². The van der Waals surface area contributed by atoms with E-state index in [1.54, 1.807) is 6.33 Å². The Labute approximate surface area is 121 Å². The van der Waals surface area contributed by atoms with E-state index in [1.807, 2.05) is 13.8 Å². The molecule has 2 heterocycles. The van der Waals surface area contributed by atoms with Crippen LogP contribution in [0, 0.1) is 12.8 Å². The first kappa shape index (κ1) is 15.0. The van der Waals surface area contributed by atoms with Crippen LogP contribution in [0.2, 0.25) is 0 Å². The maximum absolute atomic E-state index is 5.50. The summed E-state index contributed by atoms with van der Waals surface area (Å²) >= 11 is 0. The third-order valence-electron chi connectivity index (χ3n) is 3.92. The molecule has 0 aromatic carbocycles. The second-order valence-corrected chi connectivity index (χ2v) is 5.71. The molecular formula is C15H26N4O. The molecular weight excluding hydrogens is 252 g/mol. The highest BCUT2D eigenvalue weighted by Crippen LogP contribution is 2.22. The normalized spacial score (nSPS) is 19.6. The fourth-order valence-corrected chi connectivity index (χ4v) is 2.63. The number of rotatable bonds is 6. The summed E-state index contributed by atoms with van der Waals surface area (Å²) in [5.41, 5.74) is 0.994. The molecule has 5 nitrogen and oxygen atoms in total. The summed E-state index contributed by atoms with van der Waals surface area (Å²) < 4.78 is 5.50. The van der Waals surface area contributed by atoms with E-state index < -0.39 is 0 Å². The van der Waals surface area contributed by atoms with Crippen molar-refractivity contribution in [2.24, 2.45) is 5.92 Å². The highest BCUT2D eigenvalue weighted by molar-refractivity contribution is 5.47. The first-order valence-corrected chi connectivity index (χ1v) is 7.54. The molecule has 0 saturated carbocycles. The van der Waals surface area contributed by atoms with Crippen molar-refractivity contribution in [3.8, 4) is 5.88 Å². The van der Waals surface area contributed by atoms with Crippen LogP contribution in [0.1, 0.15) is 32.8 Å². The van der Waals surface area contributed by atoms with Crippen LogP contribution in [0.5, 0.6) is 5.88 Å². The molecule has 1 aliphatic heterocycles. The van der Waals surface area contributed by atoms with Crippen molar-refractivity contribution < 1.29 is 4.74 Å². The average Bonchev–Trinajstić information content (AvgIpc) is 2.89. The van der Waals surface area contributed by atoms with E-state index in [2.05, 4.69) is 34.0 Å². The fraction of sp³-hybridized carbons (Fsp3) is 0.733. The van der Waals surface area contributed by atoms with Gasteiger partial charge in [0.15, 0.2) is 0 Å². The quantitative estimate of drug-likeness (QED) is 0.865. The summed E-state index contributed by atoms with van der Waals surface area (Å²) in [6.45, 7) is 12.5. The van der Waals surface area contributed by atoms with E-state index in [-0.39, 0.29) is 0 Å². The molecule has 1 aliphatic rings. The molecule has 112 valence electrons. The predicted molar refractivity (Wildman–Crippen MR) is 81.2 cm³/mol. The summed E-state index contributed by atoms with van der Waals surface area (Å²) in [7, 11) is 0. The number of aromatic nitrogens is 2. The molecule has 5 heteroatoms. The van der Waals surface area contributed by atoms with Crippen LogP contribution in [0.25, 0.3) is 0 Å². The topological polar surface area (TPSA) is 50.3 Å². The zero-order chi connectivity index (χ0) is 14.5. The number of nitrogens with one attached hydrogen (secondary N) is 1. The van der Waals surface area contributed by atoms with Crippen molar-refractivity contribution in [3.05, 3.63) is 11.9 Å². The minimum Gasteiger partial charge on any atom is -0.478 e. The third kappa shape index (κ3) is 3.60. The van der Waals surface area contributed by atoms with Gasteiger partial charge in [0.25, 0.3) is 0 Å². The Kier molecular flexibility index (Phi) is 5.17. The van der Waals surface area contributed by atoms with E-state index in [4.69, 9.17) is 4.74 Å². The van der Waals surface area contributed by atoms with Crippen LogP contribution in [-0.4, -0.2) is 47.2 Å². The molecule has 1 aromatic heterocycles. The van der Waals surface area contributed by atoms with Crippen LogP contribution in [0.3, 0.4) is 0 Å². The SMILES string of the molecule is CCOc1ncnc(NCC2CCN(C(C)C)C2)c1C. The lowest BCUT2D eigenvalue weighted by molar-refractivity contribution is 0.266. The number of hydrogen-bond donors (Lipinski definition) is 1. The smallest absolute Gasteiger partial charge is 0.221 e. The minimum absolute atomic E-state index is 0.628. The molecule has 0 bridgehead atoms. The molecule has 1 saturated heterocycles. The Balaban J connectivity index is 1.90. The molecule has 0 amide bonds. The van der Waals surface area contributed by atoms with Crippen molar-refractivity contribution in [2.75, 3.05) is 31.6 Å². The zero-order valence-corrected chi connectivity index (χ0v) is 13.0. The largest absolute Gasteiger partial charge is 0.478 e. The lowest BCUT2D eigenvalue weighted by atomic mass is 10.1. The number of ether oxygens (including phenoxy) is 1. The molecule has 1 atom stereocenters. The van der Waals surface area contributed by atoms with Gasteiger partial charge in [0, 0.05) is 19.1 Å². The fourth-order valence-electron chi connectivity index (χ4n) is 2.63. The molecule has 1 fully saturated rings. The van der Waals surface area contributed by atoms with Crippen LogP contribution in [0.15, 0.2) is 6.33 Å². The molecule has 1 N–H and O–H groups in total. The molecule has 1 unspecified atom stereocenters. The van der Waals surface area contributed by atoms with Gasteiger partial charge in [-0.25, -0.2) is 9.97 Å². The highest BCUT2D eigenvalue weighted by Gasteiger charge is 2.24. The van der Waals surface area contributed by atoms with Crippen molar-refractivity contribution in [1.82, 2.24) is 14.9 Å². The number of nitrogens with zero attached hydrogens (tertiary/aromatic N) is 3. The van der Waals surface area contributed by atoms with Gasteiger partial charge >= 0.3 is 0 Å².